The van der Waals surface area contributed by atoms with Crippen LogP contribution in [-0.2, 0) is 6.42 Å². The number of benzene rings is 1. The molecule has 1 aromatic carbocycles. The lowest BCUT2D eigenvalue weighted by Crippen LogP contribution is -2.23. The molecule has 1 aromatic heterocycles. The van der Waals surface area contributed by atoms with Crippen molar-refractivity contribution in [2.75, 3.05) is 13.1 Å². The van der Waals surface area contributed by atoms with Crippen LogP contribution in [0.4, 0.5) is 4.39 Å². The number of rotatable bonds is 4. The Kier molecular flexibility index (Phi) is 4.57. The van der Waals surface area contributed by atoms with Crippen LogP contribution in [0.5, 0.6) is 0 Å². The van der Waals surface area contributed by atoms with Crippen LogP contribution in [0.2, 0.25) is 5.02 Å². The highest BCUT2D eigenvalue weighted by Gasteiger charge is 2.25. The number of nitrogens with one attached hydrogen (secondary N) is 1. The smallest absolute Gasteiger partial charge is 0.133 e. The van der Waals surface area contributed by atoms with Crippen molar-refractivity contribution in [3.63, 3.8) is 0 Å². The first-order valence-corrected chi connectivity index (χ1v) is 8.54. The number of nitrogens with zero attached hydrogens (tertiary/aromatic N) is 1. The molecule has 0 aliphatic heterocycles. The molecule has 112 valence electrons. The summed E-state index contributed by atoms with van der Waals surface area (Å²) in [6.45, 7) is 4.02. The van der Waals surface area contributed by atoms with Crippen molar-refractivity contribution in [1.82, 2.24) is 10.3 Å². The summed E-state index contributed by atoms with van der Waals surface area (Å²) in [5.74, 6) is 0.190. The van der Waals surface area contributed by atoms with Crippen LogP contribution in [0.25, 0.3) is 10.6 Å². The summed E-state index contributed by atoms with van der Waals surface area (Å²) >= 11 is 7.60. The standard InChI is InChI=1S/C16H18ClFN2S/c1-2-19-9-10-4-3-5-14-15(10)20-16(21-14)12-8-11(17)6-7-13(12)18/h6-8,10,19H,2-5,9H2,1H3. The van der Waals surface area contributed by atoms with Gasteiger partial charge >= 0.3 is 0 Å². The molecule has 0 saturated carbocycles. The topological polar surface area (TPSA) is 24.9 Å². The van der Waals surface area contributed by atoms with E-state index in [-0.39, 0.29) is 5.82 Å². The summed E-state index contributed by atoms with van der Waals surface area (Å²) in [5.41, 5.74) is 1.67. The Balaban J connectivity index is 1.96. The lowest BCUT2D eigenvalue weighted by molar-refractivity contribution is 0.509. The second-order valence-electron chi connectivity index (χ2n) is 5.35. The van der Waals surface area contributed by atoms with Gasteiger partial charge in [0.2, 0.25) is 0 Å². The Morgan fingerprint density at radius 2 is 2.33 bits per heavy atom. The SMILES string of the molecule is CCNCC1CCCc2sc(-c3cc(Cl)ccc3F)nc21. The van der Waals surface area contributed by atoms with Gasteiger partial charge in [0.05, 0.1) is 5.69 Å². The Morgan fingerprint density at radius 1 is 1.48 bits per heavy atom. The number of thiazole rings is 1. The predicted octanol–water partition coefficient (Wildman–Crippen LogP) is 4.63. The van der Waals surface area contributed by atoms with Crippen molar-refractivity contribution in [2.24, 2.45) is 0 Å². The first-order valence-electron chi connectivity index (χ1n) is 7.34. The fraction of sp³-hybridized carbons (Fsp3) is 0.438. The maximum absolute atomic E-state index is 14.0. The summed E-state index contributed by atoms with van der Waals surface area (Å²) in [5, 5.41) is 4.70. The molecule has 1 aliphatic rings. The number of halogens is 2. The molecule has 5 heteroatoms. The van der Waals surface area contributed by atoms with E-state index < -0.39 is 0 Å². The third-order valence-electron chi connectivity index (χ3n) is 3.87. The van der Waals surface area contributed by atoms with Crippen molar-refractivity contribution in [1.29, 1.82) is 0 Å². The van der Waals surface area contributed by atoms with Crippen molar-refractivity contribution in [3.8, 4) is 10.6 Å². The first kappa shape index (κ1) is 14.9. The Hall–Kier alpha value is -0.970. The molecule has 1 aliphatic carbocycles. The van der Waals surface area contributed by atoms with Gasteiger partial charge in [-0.05, 0) is 44.0 Å². The van der Waals surface area contributed by atoms with Crippen molar-refractivity contribution in [2.45, 2.75) is 32.1 Å². The lowest BCUT2D eigenvalue weighted by atomic mass is 9.91. The maximum Gasteiger partial charge on any atom is 0.133 e. The van der Waals surface area contributed by atoms with Crippen molar-refractivity contribution < 1.29 is 4.39 Å². The van der Waals surface area contributed by atoms with Gasteiger partial charge in [0.15, 0.2) is 0 Å². The predicted molar refractivity (Wildman–Crippen MR) is 86.7 cm³/mol. The zero-order valence-electron chi connectivity index (χ0n) is 12.0. The summed E-state index contributed by atoms with van der Waals surface area (Å²) in [7, 11) is 0. The molecule has 0 radical (unpaired) electrons. The van der Waals surface area contributed by atoms with Gasteiger partial charge in [-0.3, -0.25) is 0 Å². The Morgan fingerprint density at radius 3 is 3.14 bits per heavy atom. The minimum atomic E-state index is -0.256. The highest BCUT2D eigenvalue weighted by Crippen LogP contribution is 2.39. The molecule has 21 heavy (non-hydrogen) atoms. The van der Waals surface area contributed by atoms with Gasteiger partial charge in [0.25, 0.3) is 0 Å². The Labute approximate surface area is 133 Å². The van der Waals surface area contributed by atoms with E-state index in [2.05, 4.69) is 12.2 Å². The van der Waals surface area contributed by atoms with E-state index in [1.165, 1.54) is 17.4 Å². The summed E-state index contributed by atoms with van der Waals surface area (Å²) in [6, 6.07) is 4.65. The van der Waals surface area contributed by atoms with Crippen LogP contribution in [-0.4, -0.2) is 18.1 Å². The molecule has 1 N–H and O–H groups in total. The average molecular weight is 325 g/mol. The van der Waals surface area contributed by atoms with Crippen LogP contribution >= 0.6 is 22.9 Å². The van der Waals surface area contributed by atoms with Crippen LogP contribution in [0.3, 0.4) is 0 Å². The number of hydrogen-bond acceptors (Lipinski definition) is 3. The van der Waals surface area contributed by atoms with E-state index in [0.29, 0.717) is 16.5 Å². The molecule has 1 heterocycles. The van der Waals surface area contributed by atoms with Gasteiger partial charge in [-0.25, -0.2) is 9.37 Å². The van der Waals surface area contributed by atoms with Crippen LogP contribution in [0.1, 0.15) is 36.3 Å². The minimum Gasteiger partial charge on any atom is -0.316 e. The molecule has 0 amide bonds. The van der Waals surface area contributed by atoms with E-state index >= 15 is 0 Å². The van der Waals surface area contributed by atoms with Crippen LogP contribution in [0, 0.1) is 5.82 Å². The molecule has 0 fully saturated rings. The summed E-state index contributed by atoms with van der Waals surface area (Å²) in [4.78, 5) is 6.04. The fourth-order valence-electron chi connectivity index (χ4n) is 2.80. The van der Waals surface area contributed by atoms with Gasteiger partial charge in [0, 0.05) is 27.9 Å². The minimum absolute atomic E-state index is 0.256. The molecule has 3 rings (SSSR count). The lowest BCUT2D eigenvalue weighted by Gasteiger charge is -2.21. The first-order chi connectivity index (χ1) is 10.2. The molecule has 1 atom stereocenters. The van der Waals surface area contributed by atoms with E-state index in [1.807, 2.05) is 0 Å². The summed E-state index contributed by atoms with van der Waals surface area (Å²) < 4.78 is 14.0. The molecule has 0 saturated heterocycles. The maximum atomic E-state index is 14.0. The fourth-order valence-corrected chi connectivity index (χ4v) is 4.18. The zero-order chi connectivity index (χ0) is 14.8. The third kappa shape index (κ3) is 3.12. The molecule has 0 bridgehead atoms. The van der Waals surface area contributed by atoms with Gasteiger partial charge in [-0.15, -0.1) is 11.3 Å². The van der Waals surface area contributed by atoms with E-state index in [0.717, 1.165) is 36.6 Å². The molecule has 0 spiro atoms. The largest absolute Gasteiger partial charge is 0.316 e. The number of hydrogen-bond donors (Lipinski definition) is 1. The van der Waals surface area contributed by atoms with Crippen LogP contribution in [0.15, 0.2) is 18.2 Å². The van der Waals surface area contributed by atoms with Gasteiger partial charge in [0.1, 0.15) is 10.8 Å². The van der Waals surface area contributed by atoms with Crippen LogP contribution < -0.4 is 5.32 Å². The zero-order valence-corrected chi connectivity index (χ0v) is 13.5. The normalized spacial score (nSPS) is 17.8. The molecular formula is C16H18ClFN2S. The molecule has 1 unspecified atom stereocenters. The molecular weight excluding hydrogens is 307 g/mol. The second kappa shape index (κ2) is 6.42. The van der Waals surface area contributed by atoms with E-state index in [4.69, 9.17) is 16.6 Å². The summed E-state index contributed by atoms with van der Waals surface area (Å²) in [6.07, 6.45) is 3.39. The number of aryl methyl sites for hydroxylation is 1. The van der Waals surface area contributed by atoms with Crippen molar-refractivity contribution >= 4 is 22.9 Å². The Bertz CT molecular complexity index is 641. The quantitative estimate of drug-likeness (QED) is 0.886. The highest BCUT2D eigenvalue weighted by molar-refractivity contribution is 7.15. The third-order valence-corrected chi connectivity index (χ3v) is 5.27. The number of fused-ring (bicyclic) bond motifs is 1. The van der Waals surface area contributed by atoms with Gasteiger partial charge < -0.3 is 5.32 Å². The van der Waals surface area contributed by atoms with Gasteiger partial charge in [-0.1, -0.05) is 18.5 Å². The van der Waals surface area contributed by atoms with E-state index in [1.54, 1.807) is 23.5 Å². The molecule has 2 nitrogen and oxygen atoms in total. The van der Waals surface area contributed by atoms with E-state index in [9.17, 15) is 4.39 Å². The van der Waals surface area contributed by atoms with Gasteiger partial charge in [-0.2, -0.15) is 0 Å². The highest BCUT2D eigenvalue weighted by atomic mass is 35.5. The number of likely N-dealkylation sites (N-methyl/N-ethyl adjacent to an activating group) is 1. The monoisotopic (exact) mass is 324 g/mol. The van der Waals surface area contributed by atoms with Crippen molar-refractivity contribution in [3.05, 3.63) is 39.6 Å². The molecule has 2 aromatic rings. The number of aromatic nitrogens is 1. The second-order valence-corrected chi connectivity index (χ2v) is 6.87. The average Bonchev–Trinajstić information content (AvgIpc) is 2.92.